The van der Waals surface area contributed by atoms with Gasteiger partial charge in [-0.3, -0.25) is 14.5 Å². The van der Waals surface area contributed by atoms with E-state index in [1.54, 1.807) is 25.3 Å². The van der Waals surface area contributed by atoms with Crippen LogP contribution in [-0.2, 0) is 9.59 Å². The Morgan fingerprint density at radius 1 is 0.933 bits per heavy atom. The maximum atomic E-state index is 13.1. The van der Waals surface area contributed by atoms with E-state index in [1.807, 2.05) is 24.3 Å². The molecular weight excluding hydrogens is 406 g/mol. The number of para-hydroxylation sites is 1. The molecule has 0 aliphatic carbocycles. The first kappa shape index (κ1) is 20.5. The lowest BCUT2D eigenvalue weighted by molar-refractivity contribution is -0.123. The first-order chi connectivity index (χ1) is 14.5. The van der Waals surface area contributed by atoms with Gasteiger partial charge in [0, 0.05) is 32.2 Å². The average Bonchev–Trinajstić information content (AvgIpc) is 3.07. The van der Waals surface area contributed by atoms with Crippen LogP contribution in [0.5, 0.6) is 11.5 Å². The van der Waals surface area contributed by atoms with E-state index in [9.17, 15) is 9.59 Å². The van der Waals surface area contributed by atoms with Gasteiger partial charge in [0.25, 0.3) is 5.91 Å². The van der Waals surface area contributed by atoms with Crippen molar-refractivity contribution in [2.45, 2.75) is 12.5 Å². The molecule has 8 heteroatoms. The van der Waals surface area contributed by atoms with Crippen molar-refractivity contribution >= 4 is 34.8 Å². The minimum absolute atomic E-state index is 0.180. The molecule has 0 N–H and O–H groups in total. The Morgan fingerprint density at radius 2 is 1.63 bits per heavy atom. The highest BCUT2D eigenvalue weighted by molar-refractivity contribution is 6.33. The molecule has 4 rings (SSSR count). The number of carbonyl (C=O) groups is 2. The summed E-state index contributed by atoms with van der Waals surface area (Å²) in [7, 11) is 3.07. The fourth-order valence-electron chi connectivity index (χ4n) is 4.12. The van der Waals surface area contributed by atoms with E-state index in [2.05, 4.69) is 9.80 Å². The number of piperazine rings is 1. The van der Waals surface area contributed by atoms with E-state index in [0.717, 1.165) is 23.8 Å². The van der Waals surface area contributed by atoms with Crippen molar-refractivity contribution in [3.8, 4) is 11.5 Å². The van der Waals surface area contributed by atoms with Gasteiger partial charge in [-0.2, -0.15) is 0 Å². The van der Waals surface area contributed by atoms with Crippen molar-refractivity contribution in [3.63, 3.8) is 0 Å². The zero-order chi connectivity index (χ0) is 21.3. The van der Waals surface area contributed by atoms with Gasteiger partial charge in [0.2, 0.25) is 5.91 Å². The molecule has 0 saturated carbocycles. The third-order valence-electron chi connectivity index (χ3n) is 5.70. The SMILES string of the molecule is COc1ccc(N2C(=O)C[C@H](N3CCN(c4ccccc4Cl)CC3)C2=O)cc1OC. The molecule has 0 spiro atoms. The lowest BCUT2D eigenvalue weighted by Gasteiger charge is -2.38. The van der Waals surface area contributed by atoms with E-state index in [4.69, 9.17) is 21.1 Å². The van der Waals surface area contributed by atoms with Crippen LogP contribution in [0.2, 0.25) is 5.02 Å². The van der Waals surface area contributed by atoms with Gasteiger partial charge in [-0.25, -0.2) is 4.90 Å². The van der Waals surface area contributed by atoms with Crippen molar-refractivity contribution < 1.29 is 19.1 Å². The van der Waals surface area contributed by atoms with E-state index in [0.29, 0.717) is 30.3 Å². The van der Waals surface area contributed by atoms with Gasteiger partial charge in [-0.05, 0) is 24.3 Å². The fourth-order valence-corrected chi connectivity index (χ4v) is 4.37. The number of benzene rings is 2. The number of anilines is 2. The molecule has 2 aliphatic rings. The number of imide groups is 1. The minimum Gasteiger partial charge on any atom is -0.493 e. The van der Waals surface area contributed by atoms with E-state index in [-0.39, 0.29) is 18.2 Å². The number of hydrogen-bond donors (Lipinski definition) is 0. The second-order valence-corrected chi connectivity index (χ2v) is 7.71. The summed E-state index contributed by atoms with van der Waals surface area (Å²) >= 11 is 6.32. The smallest absolute Gasteiger partial charge is 0.251 e. The Morgan fingerprint density at radius 3 is 2.30 bits per heavy atom. The summed E-state index contributed by atoms with van der Waals surface area (Å²) < 4.78 is 10.6. The molecule has 2 heterocycles. The van der Waals surface area contributed by atoms with Gasteiger partial charge in [0.15, 0.2) is 11.5 Å². The first-order valence-corrected chi connectivity index (χ1v) is 10.2. The maximum Gasteiger partial charge on any atom is 0.251 e. The average molecular weight is 430 g/mol. The van der Waals surface area contributed by atoms with Crippen LogP contribution < -0.4 is 19.3 Å². The number of amides is 2. The number of nitrogens with zero attached hydrogens (tertiary/aromatic N) is 3. The maximum absolute atomic E-state index is 13.1. The van der Waals surface area contributed by atoms with Crippen LogP contribution in [0.4, 0.5) is 11.4 Å². The molecule has 2 aliphatic heterocycles. The van der Waals surface area contributed by atoms with Crippen LogP contribution >= 0.6 is 11.6 Å². The Hall–Kier alpha value is -2.77. The van der Waals surface area contributed by atoms with Crippen LogP contribution in [0.25, 0.3) is 0 Å². The van der Waals surface area contributed by atoms with Crippen LogP contribution in [0.15, 0.2) is 42.5 Å². The van der Waals surface area contributed by atoms with Crippen LogP contribution in [0.3, 0.4) is 0 Å². The van der Waals surface area contributed by atoms with Crippen molar-refractivity contribution in [3.05, 3.63) is 47.5 Å². The third kappa shape index (κ3) is 3.70. The van der Waals surface area contributed by atoms with E-state index >= 15 is 0 Å². The molecule has 2 aromatic carbocycles. The monoisotopic (exact) mass is 429 g/mol. The molecule has 30 heavy (non-hydrogen) atoms. The minimum atomic E-state index is -0.445. The van der Waals surface area contributed by atoms with Gasteiger partial charge in [-0.15, -0.1) is 0 Å². The van der Waals surface area contributed by atoms with Gasteiger partial charge < -0.3 is 14.4 Å². The Balaban J connectivity index is 1.47. The summed E-state index contributed by atoms with van der Waals surface area (Å²) in [6.07, 6.45) is 0.180. The van der Waals surface area contributed by atoms with Crippen LogP contribution in [0, 0.1) is 0 Å². The molecule has 0 bridgehead atoms. The number of hydrogen-bond acceptors (Lipinski definition) is 6. The largest absolute Gasteiger partial charge is 0.493 e. The normalized spacial score (nSPS) is 20.0. The zero-order valence-corrected chi connectivity index (χ0v) is 17.8. The molecule has 0 unspecified atom stereocenters. The topological polar surface area (TPSA) is 62.3 Å². The van der Waals surface area contributed by atoms with Gasteiger partial charge in [-0.1, -0.05) is 23.7 Å². The van der Waals surface area contributed by atoms with Crippen molar-refractivity contribution in [2.24, 2.45) is 0 Å². The molecule has 0 radical (unpaired) electrons. The lowest BCUT2D eigenvalue weighted by Crippen LogP contribution is -2.52. The van der Waals surface area contributed by atoms with Gasteiger partial charge in [0.05, 0.1) is 43.1 Å². The second-order valence-electron chi connectivity index (χ2n) is 7.30. The fraction of sp³-hybridized carbons (Fsp3) is 0.364. The molecule has 1 atom stereocenters. The number of ether oxygens (including phenoxy) is 2. The molecule has 2 aromatic rings. The number of halogens is 1. The number of rotatable bonds is 5. The predicted molar refractivity (Wildman–Crippen MR) is 116 cm³/mol. The Kier molecular flexibility index (Phi) is 5.83. The van der Waals surface area contributed by atoms with Crippen LogP contribution in [0.1, 0.15) is 6.42 Å². The molecule has 2 amide bonds. The standard InChI is InChI=1S/C22H24ClN3O4/c1-29-19-8-7-15(13-20(19)30-2)26-21(27)14-18(22(26)28)25-11-9-24(10-12-25)17-6-4-3-5-16(17)23/h3-8,13,18H,9-12,14H2,1-2H3/t18-/m0/s1. The third-order valence-corrected chi connectivity index (χ3v) is 6.02. The Labute approximate surface area is 180 Å². The number of carbonyl (C=O) groups excluding carboxylic acids is 2. The lowest BCUT2D eigenvalue weighted by atomic mass is 10.1. The first-order valence-electron chi connectivity index (χ1n) is 9.86. The molecular formula is C22H24ClN3O4. The highest BCUT2D eigenvalue weighted by Gasteiger charge is 2.43. The van der Waals surface area contributed by atoms with Crippen molar-refractivity contribution in [1.29, 1.82) is 0 Å². The quantitative estimate of drug-likeness (QED) is 0.681. The summed E-state index contributed by atoms with van der Waals surface area (Å²) in [6.45, 7) is 2.87. The Bertz CT molecular complexity index is 959. The van der Waals surface area contributed by atoms with Gasteiger partial charge >= 0.3 is 0 Å². The van der Waals surface area contributed by atoms with Gasteiger partial charge in [0.1, 0.15) is 0 Å². The summed E-state index contributed by atoms with van der Waals surface area (Å²) in [5, 5.41) is 0.720. The summed E-state index contributed by atoms with van der Waals surface area (Å²) in [4.78, 5) is 31.4. The molecule has 7 nitrogen and oxygen atoms in total. The number of methoxy groups -OCH3 is 2. The van der Waals surface area contributed by atoms with Crippen molar-refractivity contribution in [1.82, 2.24) is 4.90 Å². The highest BCUT2D eigenvalue weighted by Crippen LogP contribution is 2.34. The van der Waals surface area contributed by atoms with Crippen molar-refractivity contribution in [2.75, 3.05) is 50.2 Å². The molecule has 158 valence electrons. The molecule has 2 fully saturated rings. The zero-order valence-electron chi connectivity index (χ0n) is 17.0. The second kappa shape index (κ2) is 8.53. The van der Waals surface area contributed by atoms with E-state index < -0.39 is 6.04 Å². The summed E-state index contributed by atoms with van der Waals surface area (Å²) in [5.41, 5.74) is 1.50. The molecule has 0 aromatic heterocycles. The summed E-state index contributed by atoms with van der Waals surface area (Å²) in [5.74, 6) is 0.629. The summed E-state index contributed by atoms with van der Waals surface area (Å²) in [6, 6.07) is 12.4. The molecule has 2 saturated heterocycles. The van der Waals surface area contributed by atoms with Crippen LogP contribution in [-0.4, -0.2) is 63.2 Å². The predicted octanol–water partition coefficient (Wildman–Crippen LogP) is 2.81. The van der Waals surface area contributed by atoms with E-state index in [1.165, 1.54) is 12.0 Å². The highest BCUT2D eigenvalue weighted by atomic mass is 35.5.